The van der Waals surface area contributed by atoms with Gasteiger partial charge in [-0.2, -0.15) is 0 Å². The lowest BCUT2D eigenvalue weighted by atomic mass is 9.90. The van der Waals surface area contributed by atoms with Crippen molar-refractivity contribution in [1.82, 2.24) is 0 Å². The minimum Gasteiger partial charge on any atom is -0.299 e. The summed E-state index contributed by atoms with van der Waals surface area (Å²) in [6.07, 6.45) is 8.22. The summed E-state index contributed by atoms with van der Waals surface area (Å²) in [7, 11) is 0. The molecule has 1 aromatic carbocycles. The van der Waals surface area contributed by atoms with Gasteiger partial charge < -0.3 is 0 Å². The number of benzene rings is 1. The van der Waals surface area contributed by atoms with E-state index in [0.29, 0.717) is 18.1 Å². The van der Waals surface area contributed by atoms with E-state index in [2.05, 4.69) is 44.2 Å². The third kappa shape index (κ3) is 4.34. The van der Waals surface area contributed by atoms with Crippen molar-refractivity contribution in [2.75, 3.05) is 0 Å². The summed E-state index contributed by atoms with van der Waals surface area (Å²) in [5.74, 6) is 1.03. The molecule has 1 aliphatic rings. The molecule has 0 fully saturated rings. The summed E-state index contributed by atoms with van der Waals surface area (Å²) >= 11 is 0. The molecule has 0 saturated heterocycles. The highest BCUT2D eigenvalue weighted by molar-refractivity contribution is 5.81. The monoisotopic (exact) mass is 256 g/mol. The van der Waals surface area contributed by atoms with Crippen LogP contribution in [-0.4, -0.2) is 5.78 Å². The number of carbonyl (C=O) groups is 1. The number of rotatable bonds is 5. The van der Waals surface area contributed by atoms with Crippen molar-refractivity contribution >= 4 is 5.78 Å². The predicted molar refractivity (Wildman–Crippen MR) is 80.4 cm³/mol. The predicted octanol–water partition coefficient (Wildman–Crippen LogP) is 4.95. The molecule has 1 aromatic rings. The van der Waals surface area contributed by atoms with Gasteiger partial charge in [0.15, 0.2) is 0 Å². The molecule has 0 heterocycles. The SMILES string of the molecule is Cc1ccc([C@H](C)CCCC2=CCC(=O)CC2)cc1. The Morgan fingerprint density at radius 3 is 2.53 bits per heavy atom. The maximum Gasteiger partial charge on any atom is 0.136 e. The van der Waals surface area contributed by atoms with Gasteiger partial charge in [-0.25, -0.2) is 0 Å². The lowest BCUT2D eigenvalue weighted by Gasteiger charge is -2.15. The van der Waals surface area contributed by atoms with E-state index in [1.807, 2.05) is 0 Å². The van der Waals surface area contributed by atoms with Crippen LogP contribution in [0.4, 0.5) is 0 Å². The fraction of sp³-hybridized carbons (Fsp3) is 0.500. The number of aryl methyl sites for hydroxylation is 1. The first-order valence-corrected chi connectivity index (χ1v) is 7.41. The van der Waals surface area contributed by atoms with Crippen LogP contribution in [0.1, 0.15) is 62.5 Å². The second-order valence-electron chi connectivity index (χ2n) is 5.81. The molecular weight excluding hydrogens is 232 g/mol. The van der Waals surface area contributed by atoms with E-state index in [1.165, 1.54) is 36.0 Å². The number of hydrogen-bond acceptors (Lipinski definition) is 1. The molecule has 0 N–H and O–H groups in total. The van der Waals surface area contributed by atoms with Gasteiger partial charge in [-0.05, 0) is 44.1 Å². The molecule has 0 aliphatic heterocycles. The summed E-state index contributed by atoms with van der Waals surface area (Å²) in [6, 6.07) is 8.89. The van der Waals surface area contributed by atoms with E-state index in [-0.39, 0.29) is 0 Å². The Hall–Kier alpha value is -1.37. The van der Waals surface area contributed by atoms with Gasteiger partial charge in [0, 0.05) is 12.8 Å². The third-order valence-corrected chi connectivity index (χ3v) is 4.12. The minimum atomic E-state index is 0.400. The smallest absolute Gasteiger partial charge is 0.136 e. The van der Waals surface area contributed by atoms with Gasteiger partial charge in [-0.1, -0.05) is 48.4 Å². The first kappa shape index (κ1) is 14.0. The average molecular weight is 256 g/mol. The molecule has 0 unspecified atom stereocenters. The zero-order valence-corrected chi connectivity index (χ0v) is 12.1. The lowest BCUT2D eigenvalue weighted by molar-refractivity contribution is -0.118. The van der Waals surface area contributed by atoms with Gasteiger partial charge in [0.05, 0.1) is 0 Å². The average Bonchev–Trinajstić information content (AvgIpc) is 2.41. The van der Waals surface area contributed by atoms with Crippen molar-refractivity contribution in [3.8, 4) is 0 Å². The largest absolute Gasteiger partial charge is 0.299 e. The van der Waals surface area contributed by atoms with Crippen molar-refractivity contribution in [1.29, 1.82) is 0 Å². The minimum absolute atomic E-state index is 0.400. The highest BCUT2D eigenvalue weighted by Gasteiger charge is 2.11. The van der Waals surface area contributed by atoms with Crippen LogP contribution < -0.4 is 0 Å². The number of ketones is 1. The first-order valence-electron chi connectivity index (χ1n) is 7.41. The zero-order chi connectivity index (χ0) is 13.7. The molecule has 19 heavy (non-hydrogen) atoms. The highest BCUT2D eigenvalue weighted by Crippen LogP contribution is 2.25. The van der Waals surface area contributed by atoms with E-state index < -0.39 is 0 Å². The lowest BCUT2D eigenvalue weighted by Crippen LogP contribution is -2.04. The number of hydrogen-bond donors (Lipinski definition) is 0. The fourth-order valence-corrected chi connectivity index (χ4v) is 2.69. The van der Waals surface area contributed by atoms with Gasteiger partial charge in [-0.3, -0.25) is 4.79 Å². The van der Waals surface area contributed by atoms with Crippen LogP contribution in [0.15, 0.2) is 35.9 Å². The Morgan fingerprint density at radius 2 is 1.89 bits per heavy atom. The molecule has 2 rings (SSSR count). The molecule has 0 radical (unpaired) electrons. The molecular formula is C18H24O. The van der Waals surface area contributed by atoms with Crippen LogP contribution in [0.5, 0.6) is 0 Å². The van der Waals surface area contributed by atoms with E-state index in [0.717, 1.165) is 12.8 Å². The number of Topliss-reactive ketones (excluding diaryl/α,β-unsaturated/α-hetero) is 1. The van der Waals surface area contributed by atoms with Gasteiger partial charge >= 0.3 is 0 Å². The molecule has 1 atom stereocenters. The van der Waals surface area contributed by atoms with Crippen LogP contribution in [0.2, 0.25) is 0 Å². The van der Waals surface area contributed by atoms with Crippen LogP contribution in [-0.2, 0) is 4.79 Å². The Morgan fingerprint density at radius 1 is 1.16 bits per heavy atom. The fourth-order valence-electron chi connectivity index (χ4n) is 2.69. The van der Waals surface area contributed by atoms with Crippen molar-refractivity contribution in [2.45, 2.75) is 58.3 Å². The van der Waals surface area contributed by atoms with Crippen LogP contribution in [0.25, 0.3) is 0 Å². The quantitative estimate of drug-likeness (QED) is 0.681. The summed E-state index contributed by atoms with van der Waals surface area (Å²) in [5, 5.41) is 0. The first-order chi connectivity index (χ1) is 9.15. The second kappa shape index (κ2) is 6.70. The Labute approximate surface area is 116 Å². The standard InChI is InChI=1S/C18H24O/c1-14-6-10-17(11-7-14)15(2)4-3-5-16-8-12-18(19)13-9-16/h6-8,10-11,15H,3-5,9,12-13H2,1-2H3/t15-/m1/s1. The van der Waals surface area contributed by atoms with Crippen molar-refractivity contribution in [3.05, 3.63) is 47.0 Å². The molecule has 0 aromatic heterocycles. The third-order valence-electron chi connectivity index (χ3n) is 4.12. The van der Waals surface area contributed by atoms with Crippen LogP contribution in [0, 0.1) is 6.92 Å². The molecule has 0 spiro atoms. The molecule has 0 saturated carbocycles. The zero-order valence-electron chi connectivity index (χ0n) is 12.1. The topological polar surface area (TPSA) is 17.1 Å². The molecule has 1 aliphatic carbocycles. The van der Waals surface area contributed by atoms with Gasteiger partial charge in [-0.15, -0.1) is 0 Å². The summed E-state index contributed by atoms with van der Waals surface area (Å²) in [4.78, 5) is 11.2. The van der Waals surface area contributed by atoms with Gasteiger partial charge in [0.2, 0.25) is 0 Å². The van der Waals surface area contributed by atoms with E-state index in [4.69, 9.17) is 0 Å². The Kier molecular flexibility index (Phi) is 4.95. The maximum absolute atomic E-state index is 11.2. The van der Waals surface area contributed by atoms with Crippen molar-refractivity contribution in [3.63, 3.8) is 0 Å². The van der Waals surface area contributed by atoms with E-state index in [1.54, 1.807) is 0 Å². The van der Waals surface area contributed by atoms with E-state index >= 15 is 0 Å². The normalized spacial score (nSPS) is 17.2. The molecule has 0 amide bonds. The van der Waals surface area contributed by atoms with Crippen LogP contribution >= 0.6 is 0 Å². The second-order valence-corrected chi connectivity index (χ2v) is 5.81. The van der Waals surface area contributed by atoms with Gasteiger partial charge in [0.1, 0.15) is 5.78 Å². The Bertz CT molecular complexity index is 453. The summed E-state index contributed by atoms with van der Waals surface area (Å²) < 4.78 is 0. The van der Waals surface area contributed by atoms with Crippen LogP contribution in [0.3, 0.4) is 0 Å². The van der Waals surface area contributed by atoms with Crippen molar-refractivity contribution < 1.29 is 4.79 Å². The maximum atomic E-state index is 11.2. The molecule has 102 valence electrons. The summed E-state index contributed by atoms with van der Waals surface area (Å²) in [6.45, 7) is 4.44. The summed E-state index contributed by atoms with van der Waals surface area (Å²) in [5.41, 5.74) is 4.27. The van der Waals surface area contributed by atoms with Gasteiger partial charge in [0.25, 0.3) is 0 Å². The van der Waals surface area contributed by atoms with E-state index in [9.17, 15) is 4.79 Å². The molecule has 0 bridgehead atoms. The molecule has 1 nitrogen and oxygen atoms in total. The van der Waals surface area contributed by atoms with Crippen molar-refractivity contribution in [2.24, 2.45) is 0 Å². The highest BCUT2D eigenvalue weighted by atomic mass is 16.1. The molecule has 1 heteroatoms. The number of allylic oxidation sites excluding steroid dienone is 2. The Balaban J connectivity index is 1.76. The number of carbonyl (C=O) groups excluding carboxylic acids is 1.